The second-order valence-electron chi connectivity index (χ2n) is 5.19. The minimum Gasteiger partial charge on any atom is -0.497 e. The third-order valence-corrected chi connectivity index (χ3v) is 6.20. The average molecular weight is 252 g/mol. The molecule has 17 heavy (non-hydrogen) atoms. The summed E-state index contributed by atoms with van der Waals surface area (Å²) in [6, 6.07) is 8.53. The number of aryl methyl sites for hydroxylation is 1. The maximum absolute atomic E-state index is 5.28. The molecule has 0 aromatic heterocycles. The minimum absolute atomic E-state index is 0.452. The van der Waals surface area contributed by atoms with Crippen molar-refractivity contribution in [1.29, 1.82) is 0 Å². The van der Waals surface area contributed by atoms with Crippen LogP contribution in [0.1, 0.15) is 26.3 Å². The van der Waals surface area contributed by atoms with E-state index < -0.39 is 7.14 Å². The fraction of sp³-hybridized carbons (Fsp3) is 0.571. The van der Waals surface area contributed by atoms with Crippen LogP contribution in [-0.2, 0) is 6.42 Å². The molecular formula is C14H26BOP. The van der Waals surface area contributed by atoms with Gasteiger partial charge in [-0.15, -0.1) is 0 Å². The molecule has 1 rings (SSSR count). The first-order chi connectivity index (χ1) is 7.76. The fourth-order valence-corrected chi connectivity index (χ4v) is 2.72. The van der Waals surface area contributed by atoms with Crippen LogP contribution >= 0.6 is 7.14 Å². The molecule has 1 atom stereocenters. The van der Waals surface area contributed by atoms with Crippen molar-refractivity contribution in [3.63, 3.8) is 0 Å². The summed E-state index contributed by atoms with van der Waals surface area (Å²) in [5, 5.41) is 0.561. The molecule has 1 nitrogen and oxygen atoms in total. The SMILES string of the molecule is [BH3-][P+](C)(CCc1cccc(OC)c1)C(C)(C)C. The molecule has 3 heteroatoms. The van der Waals surface area contributed by atoms with Crippen molar-refractivity contribution in [2.75, 3.05) is 19.9 Å². The van der Waals surface area contributed by atoms with Gasteiger partial charge >= 0.3 is 0 Å². The van der Waals surface area contributed by atoms with E-state index in [1.165, 1.54) is 18.1 Å². The van der Waals surface area contributed by atoms with E-state index in [1.807, 2.05) is 6.07 Å². The van der Waals surface area contributed by atoms with E-state index in [0.717, 1.165) is 5.75 Å². The summed E-state index contributed by atoms with van der Waals surface area (Å²) in [6.07, 6.45) is 2.64. The highest BCUT2D eigenvalue weighted by Crippen LogP contribution is 2.61. The van der Waals surface area contributed by atoms with Gasteiger partial charge in [0.05, 0.1) is 7.11 Å². The Morgan fingerprint density at radius 1 is 1.29 bits per heavy atom. The second kappa shape index (κ2) is 5.44. The molecule has 0 bridgehead atoms. The lowest BCUT2D eigenvalue weighted by molar-refractivity contribution is 0.414. The van der Waals surface area contributed by atoms with Gasteiger partial charge in [0.25, 0.3) is 0 Å². The van der Waals surface area contributed by atoms with Gasteiger partial charge in [-0.25, -0.2) is 0 Å². The summed E-state index contributed by atoms with van der Waals surface area (Å²) in [5.74, 6) is 0.987. The Morgan fingerprint density at radius 3 is 2.47 bits per heavy atom. The standard InChI is InChI=1S/C14H26BOP/c1-14(2,3)17(5,15)10-9-12-7-6-8-13(11-12)16-4/h6-8,11H,9-10H2,1-5,15H3. The van der Waals surface area contributed by atoms with Crippen LogP contribution in [0.25, 0.3) is 0 Å². The van der Waals surface area contributed by atoms with E-state index in [4.69, 9.17) is 4.74 Å². The second-order valence-corrected chi connectivity index (χ2v) is 8.38. The summed E-state index contributed by atoms with van der Waals surface area (Å²) in [5.41, 5.74) is 1.43. The van der Waals surface area contributed by atoms with Crippen molar-refractivity contribution < 1.29 is 4.74 Å². The average Bonchev–Trinajstić information content (AvgIpc) is 2.25. The summed E-state index contributed by atoms with van der Waals surface area (Å²) in [7, 11) is 1.59. The van der Waals surface area contributed by atoms with E-state index in [1.54, 1.807) is 7.11 Å². The molecule has 1 aromatic rings. The van der Waals surface area contributed by atoms with Crippen molar-refractivity contribution in [2.24, 2.45) is 0 Å². The van der Waals surface area contributed by atoms with Crippen molar-refractivity contribution in [3.05, 3.63) is 29.8 Å². The van der Waals surface area contributed by atoms with Crippen LogP contribution < -0.4 is 4.74 Å². The molecule has 0 amide bonds. The van der Waals surface area contributed by atoms with Crippen molar-refractivity contribution in [2.45, 2.75) is 32.3 Å². The lowest BCUT2D eigenvalue weighted by Gasteiger charge is -2.38. The van der Waals surface area contributed by atoms with Gasteiger partial charge in [-0.2, -0.15) is 7.14 Å². The number of rotatable bonds is 4. The Kier molecular flexibility index (Phi) is 4.66. The molecule has 96 valence electrons. The largest absolute Gasteiger partial charge is 0.497 e. The number of benzene rings is 1. The molecule has 0 saturated heterocycles. The molecule has 0 aliphatic rings. The Bertz CT molecular complexity index is 369. The van der Waals surface area contributed by atoms with E-state index in [-0.39, 0.29) is 0 Å². The first-order valence-electron chi connectivity index (χ1n) is 5.77. The van der Waals surface area contributed by atoms with Crippen LogP contribution in [0.2, 0.25) is 0 Å². The van der Waals surface area contributed by atoms with Gasteiger partial charge in [0, 0.05) is 24.4 Å². The zero-order chi connectivity index (χ0) is 13.1. The first-order valence-corrected chi connectivity index (χ1v) is 7.75. The van der Waals surface area contributed by atoms with Crippen LogP contribution in [0.5, 0.6) is 5.75 Å². The zero-order valence-electron chi connectivity index (χ0n) is 11.1. The van der Waals surface area contributed by atoms with Crippen LogP contribution in [0.4, 0.5) is 0 Å². The smallest absolute Gasteiger partial charge is 0.127 e. The van der Waals surface area contributed by atoms with Gasteiger partial charge < -0.3 is 4.74 Å². The normalized spacial score (nSPS) is 15.4. The molecule has 0 spiro atoms. The summed E-state index contributed by atoms with van der Waals surface area (Å²) < 4.78 is 5.28. The topological polar surface area (TPSA) is 9.23 Å². The number of ether oxygens (including phenoxy) is 1. The quantitative estimate of drug-likeness (QED) is 0.591. The highest BCUT2D eigenvalue weighted by Gasteiger charge is 2.32. The lowest BCUT2D eigenvalue weighted by atomic mass is 10.2. The zero-order valence-corrected chi connectivity index (χ0v) is 12.0. The maximum Gasteiger partial charge on any atom is 0.127 e. The molecule has 0 heterocycles. The Labute approximate surface area is 108 Å². The summed E-state index contributed by atoms with van der Waals surface area (Å²) in [4.78, 5) is 0. The summed E-state index contributed by atoms with van der Waals surface area (Å²) >= 11 is 0. The van der Waals surface area contributed by atoms with E-state index in [2.05, 4.69) is 45.6 Å². The molecule has 1 aromatic carbocycles. The molecule has 0 radical (unpaired) electrons. The van der Waals surface area contributed by atoms with Gasteiger partial charge in [0.15, 0.2) is 0 Å². The van der Waals surface area contributed by atoms with Gasteiger partial charge in [-0.3, -0.25) is 0 Å². The number of hydrogen-bond donors (Lipinski definition) is 0. The van der Waals surface area contributed by atoms with E-state index in [9.17, 15) is 0 Å². The van der Waals surface area contributed by atoms with Gasteiger partial charge in [-0.1, -0.05) is 12.1 Å². The predicted octanol–water partition coefficient (Wildman–Crippen LogP) is 2.96. The highest BCUT2D eigenvalue weighted by atomic mass is 31.2. The maximum atomic E-state index is 5.28. The third-order valence-electron chi connectivity index (χ3n) is 3.02. The fourth-order valence-electron chi connectivity index (χ4n) is 1.46. The Balaban J connectivity index is 2.67. The predicted molar refractivity (Wildman–Crippen MR) is 84.1 cm³/mol. The van der Waals surface area contributed by atoms with Gasteiger partial charge in [0.1, 0.15) is 13.3 Å². The Morgan fingerprint density at radius 2 is 1.94 bits per heavy atom. The van der Waals surface area contributed by atoms with Gasteiger partial charge in [-0.05, 0) is 38.5 Å². The monoisotopic (exact) mass is 252 g/mol. The molecule has 0 fully saturated rings. The minimum atomic E-state index is -0.606. The number of methoxy groups -OCH3 is 1. The lowest BCUT2D eigenvalue weighted by Crippen LogP contribution is -2.22. The van der Waals surface area contributed by atoms with Crippen LogP contribution in [0.3, 0.4) is 0 Å². The van der Waals surface area contributed by atoms with Crippen molar-refractivity contribution in [1.82, 2.24) is 0 Å². The van der Waals surface area contributed by atoms with E-state index >= 15 is 0 Å². The van der Waals surface area contributed by atoms with Crippen LogP contribution in [0, 0.1) is 0 Å². The molecular weight excluding hydrogens is 226 g/mol. The third kappa shape index (κ3) is 4.03. The van der Waals surface area contributed by atoms with E-state index in [0.29, 0.717) is 12.7 Å². The van der Waals surface area contributed by atoms with Crippen molar-refractivity contribution in [3.8, 4) is 5.75 Å². The molecule has 1 unspecified atom stereocenters. The highest BCUT2D eigenvalue weighted by molar-refractivity contribution is 7.97. The molecule has 0 aliphatic heterocycles. The number of hydrogen-bond acceptors (Lipinski definition) is 1. The van der Waals surface area contributed by atoms with Crippen LogP contribution in [-0.4, -0.2) is 32.7 Å². The summed E-state index contributed by atoms with van der Waals surface area (Å²) in [6.45, 7) is 9.87. The molecule has 0 N–H and O–H groups in total. The molecule has 0 aliphatic carbocycles. The van der Waals surface area contributed by atoms with Gasteiger partial charge in [0.2, 0.25) is 0 Å². The molecule has 0 saturated carbocycles. The first kappa shape index (κ1) is 14.6. The van der Waals surface area contributed by atoms with Crippen LogP contribution in [0.15, 0.2) is 24.3 Å². The Hall–Kier alpha value is -0.485. The van der Waals surface area contributed by atoms with Crippen molar-refractivity contribution >= 4 is 14.7 Å².